The van der Waals surface area contributed by atoms with Crippen LogP contribution in [-0.4, -0.2) is 42.7 Å². The van der Waals surface area contributed by atoms with Crippen LogP contribution in [0.4, 0.5) is 0 Å². The van der Waals surface area contributed by atoms with Crippen LogP contribution in [0.1, 0.15) is 12.5 Å². The van der Waals surface area contributed by atoms with Crippen LogP contribution < -0.4 is 5.32 Å². The Bertz CT molecular complexity index is 392. The lowest BCUT2D eigenvalue weighted by atomic mass is 9.95. The second-order valence-corrected chi connectivity index (χ2v) is 6.01. The summed E-state index contributed by atoms with van der Waals surface area (Å²) in [7, 11) is 0. The smallest absolute Gasteiger partial charge is 0.0994 e. The van der Waals surface area contributed by atoms with Crippen LogP contribution in [0.25, 0.3) is 0 Å². The molecule has 0 aromatic heterocycles. The number of hydrogen-bond donors (Lipinski definition) is 2. The van der Waals surface area contributed by atoms with Gasteiger partial charge in [-0.05, 0) is 37.4 Å². The number of β-amino-alcohol motifs (C(OH)–C–C–N with tert-alkyl or cyclic N) is 1. The van der Waals surface area contributed by atoms with Gasteiger partial charge in [-0.15, -0.1) is 0 Å². The molecule has 0 aliphatic carbocycles. The number of rotatable bonds is 3. The lowest BCUT2D eigenvalue weighted by Gasteiger charge is -2.30. The van der Waals surface area contributed by atoms with E-state index in [1.807, 2.05) is 37.3 Å². The molecular formula is C15H22N2O. The first-order chi connectivity index (χ1) is 8.65. The van der Waals surface area contributed by atoms with Gasteiger partial charge in [0.2, 0.25) is 0 Å². The van der Waals surface area contributed by atoms with Crippen LogP contribution in [0.5, 0.6) is 0 Å². The summed E-state index contributed by atoms with van der Waals surface area (Å²) in [6.07, 6.45) is 0. The maximum Gasteiger partial charge on any atom is 0.0994 e. The molecule has 1 aromatic rings. The highest BCUT2D eigenvalue weighted by atomic mass is 16.3. The van der Waals surface area contributed by atoms with Crippen LogP contribution in [-0.2, 0) is 5.60 Å². The summed E-state index contributed by atoms with van der Waals surface area (Å²) in [4.78, 5) is 2.42. The fourth-order valence-electron chi connectivity index (χ4n) is 3.41. The Balaban J connectivity index is 1.66. The largest absolute Gasteiger partial charge is 0.384 e. The van der Waals surface area contributed by atoms with Gasteiger partial charge in [-0.3, -0.25) is 4.90 Å². The molecule has 2 N–H and O–H groups in total. The van der Waals surface area contributed by atoms with Crippen LogP contribution in [0.3, 0.4) is 0 Å². The lowest BCUT2D eigenvalue weighted by Crippen LogP contribution is -2.39. The van der Waals surface area contributed by atoms with Crippen molar-refractivity contribution in [2.45, 2.75) is 12.5 Å². The number of nitrogens with zero attached hydrogens (tertiary/aromatic N) is 1. The van der Waals surface area contributed by atoms with Crippen molar-refractivity contribution in [3.8, 4) is 0 Å². The van der Waals surface area contributed by atoms with E-state index in [0.29, 0.717) is 0 Å². The molecule has 2 saturated heterocycles. The number of likely N-dealkylation sites (tertiary alicyclic amines) is 1. The minimum atomic E-state index is -0.743. The minimum absolute atomic E-state index is 0.740. The Morgan fingerprint density at radius 1 is 1.22 bits per heavy atom. The Morgan fingerprint density at radius 2 is 1.83 bits per heavy atom. The van der Waals surface area contributed by atoms with E-state index in [0.717, 1.165) is 50.1 Å². The molecule has 3 nitrogen and oxygen atoms in total. The predicted octanol–water partition coefficient (Wildman–Crippen LogP) is 1.05. The van der Waals surface area contributed by atoms with Crippen molar-refractivity contribution in [3.05, 3.63) is 35.9 Å². The monoisotopic (exact) mass is 246 g/mol. The zero-order valence-corrected chi connectivity index (χ0v) is 11.0. The van der Waals surface area contributed by atoms with Crippen molar-refractivity contribution in [2.24, 2.45) is 11.8 Å². The molecule has 2 aliphatic rings. The highest BCUT2D eigenvalue weighted by molar-refractivity contribution is 5.22. The van der Waals surface area contributed by atoms with Gasteiger partial charge in [-0.1, -0.05) is 30.3 Å². The third-order valence-corrected chi connectivity index (χ3v) is 4.39. The Kier molecular flexibility index (Phi) is 3.14. The third kappa shape index (κ3) is 2.30. The SMILES string of the molecule is CC(O)(CN1CC2CNCC2C1)c1ccccc1. The molecule has 0 spiro atoms. The molecule has 2 fully saturated rings. The number of nitrogens with one attached hydrogen (secondary N) is 1. The van der Waals surface area contributed by atoms with E-state index in [1.165, 1.54) is 0 Å². The molecule has 1 aromatic carbocycles. The molecule has 2 aliphatic heterocycles. The first-order valence-electron chi connectivity index (χ1n) is 6.86. The van der Waals surface area contributed by atoms with E-state index in [1.54, 1.807) is 0 Å². The van der Waals surface area contributed by atoms with Crippen LogP contribution in [0.2, 0.25) is 0 Å². The summed E-state index contributed by atoms with van der Waals surface area (Å²) < 4.78 is 0. The van der Waals surface area contributed by atoms with Gasteiger partial charge >= 0.3 is 0 Å². The van der Waals surface area contributed by atoms with Crippen molar-refractivity contribution in [3.63, 3.8) is 0 Å². The average Bonchev–Trinajstić information content (AvgIpc) is 2.90. The van der Waals surface area contributed by atoms with Gasteiger partial charge in [-0.2, -0.15) is 0 Å². The Hall–Kier alpha value is -0.900. The fraction of sp³-hybridized carbons (Fsp3) is 0.600. The summed E-state index contributed by atoms with van der Waals surface area (Å²) in [6, 6.07) is 10.0. The molecule has 3 unspecified atom stereocenters. The Morgan fingerprint density at radius 3 is 2.44 bits per heavy atom. The summed E-state index contributed by atoms with van der Waals surface area (Å²) >= 11 is 0. The minimum Gasteiger partial charge on any atom is -0.384 e. The molecule has 3 heteroatoms. The van der Waals surface area contributed by atoms with E-state index >= 15 is 0 Å². The molecule has 0 radical (unpaired) electrons. The van der Waals surface area contributed by atoms with Crippen molar-refractivity contribution < 1.29 is 5.11 Å². The van der Waals surface area contributed by atoms with Gasteiger partial charge in [0, 0.05) is 19.6 Å². The van der Waals surface area contributed by atoms with E-state index in [2.05, 4.69) is 10.2 Å². The fourth-order valence-corrected chi connectivity index (χ4v) is 3.41. The first-order valence-corrected chi connectivity index (χ1v) is 6.86. The van der Waals surface area contributed by atoms with Gasteiger partial charge < -0.3 is 10.4 Å². The second kappa shape index (κ2) is 4.65. The zero-order chi connectivity index (χ0) is 12.6. The first kappa shape index (κ1) is 12.2. The van der Waals surface area contributed by atoms with Crippen molar-refractivity contribution in [1.29, 1.82) is 0 Å². The summed E-state index contributed by atoms with van der Waals surface area (Å²) in [5, 5.41) is 14.1. The van der Waals surface area contributed by atoms with Gasteiger partial charge in [0.15, 0.2) is 0 Å². The molecule has 0 bridgehead atoms. The standard InChI is InChI=1S/C15H22N2O/c1-15(18,14-5-3-2-4-6-14)11-17-9-12-7-16-8-13(12)10-17/h2-6,12-13,16,18H,7-11H2,1H3. The molecule has 98 valence electrons. The van der Waals surface area contributed by atoms with Gasteiger partial charge in [0.1, 0.15) is 0 Å². The Labute approximate surface area is 109 Å². The summed E-state index contributed by atoms with van der Waals surface area (Å²) in [5.74, 6) is 1.58. The maximum absolute atomic E-state index is 10.7. The molecular weight excluding hydrogens is 224 g/mol. The molecule has 0 saturated carbocycles. The van der Waals surface area contributed by atoms with Crippen molar-refractivity contribution >= 4 is 0 Å². The molecule has 3 atom stereocenters. The quantitative estimate of drug-likeness (QED) is 0.836. The van der Waals surface area contributed by atoms with Gasteiger partial charge in [0.25, 0.3) is 0 Å². The van der Waals surface area contributed by atoms with Crippen LogP contribution in [0, 0.1) is 11.8 Å². The van der Waals surface area contributed by atoms with E-state index in [4.69, 9.17) is 0 Å². The average molecular weight is 246 g/mol. The number of aliphatic hydroxyl groups is 1. The van der Waals surface area contributed by atoms with Crippen molar-refractivity contribution in [1.82, 2.24) is 10.2 Å². The number of hydrogen-bond acceptors (Lipinski definition) is 3. The van der Waals surface area contributed by atoms with E-state index in [9.17, 15) is 5.11 Å². The van der Waals surface area contributed by atoms with Gasteiger partial charge in [-0.25, -0.2) is 0 Å². The van der Waals surface area contributed by atoms with Gasteiger partial charge in [0.05, 0.1) is 5.60 Å². The number of fused-ring (bicyclic) bond motifs is 1. The highest BCUT2D eigenvalue weighted by Crippen LogP contribution is 2.29. The summed E-state index contributed by atoms with van der Waals surface area (Å²) in [6.45, 7) is 7.21. The second-order valence-electron chi connectivity index (χ2n) is 6.01. The molecule has 3 rings (SSSR count). The van der Waals surface area contributed by atoms with Crippen LogP contribution >= 0.6 is 0 Å². The zero-order valence-electron chi connectivity index (χ0n) is 11.0. The summed E-state index contributed by atoms with van der Waals surface area (Å²) in [5.41, 5.74) is 0.271. The van der Waals surface area contributed by atoms with Crippen molar-refractivity contribution in [2.75, 3.05) is 32.7 Å². The van der Waals surface area contributed by atoms with E-state index < -0.39 is 5.60 Å². The maximum atomic E-state index is 10.7. The molecule has 2 heterocycles. The topological polar surface area (TPSA) is 35.5 Å². The third-order valence-electron chi connectivity index (χ3n) is 4.39. The molecule has 0 amide bonds. The highest BCUT2D eigenvalue weighted by Gasteiger charge is 2.38. The predicted molar refractivity (Wildman–Crippen MR) is 72.3 cm³/mol. The van der Waals surface area contributed by atoms with Crippen LogP contribution in [0.15, 0.2) is 30.3 Å². The molecule has 18 heavy (non-hydrogen) atoms. The van der Waals surface area contributed by atoms with E-state index in [-0.39, 0.29) is 0 Å². The number of benzene rings is 1. The normalized spacial score (nSPS) is 31.2. The lowest BCUT2D eigenvalue weighted by molar-refractivity contribution is 0.0207.